The number of anilines is 1. The van der Waals surface area contributed by atoms with Crippen LogP contribution >= 0.6 is 15.9 Å². The fraction of sp³-hybridized carbons (Fsp3) is 0.294. The first-order valence-corrected chi connectivity index (χ1v) is 7.48. The van der Waals surface area contributed by atoms with Gasteiger partial charge in [-0.15, -0.1) is 0 Å². The van der Waals surface area contributed by atoms with Gasteiger partial charge in [-0.05, 0) is 39.0 Å². The number of phenolic OH excluding ortho intramolecular Hbond substituents is 1. The number of halogens is 1. The lowest BCUT2D eigenvalue weighted by Crippen LogP contribution is -2.14. The van der Waals surface area contributed by atoms with Crippen LogP contribution in [0.3, 0.4) is 0 Å². The number of phenols is 1. The molecule has 0 spiro atoms. The van der Waals surface area contributed by atoms with Crippen molar-refractivity contribution in [1.29, 1.82) is 0 Å². The van der Waals surface area contributed by atoms with Crippen LogP contribution in [0.4, 0.5) is 5.69 Å². The molecule has 0 amide bonds. The molecule has 0 aliphatic heterocycles. The maximum Gasteiger partial charge on any atom is 0.134 e. The van der Waals surface area contributed by atoms with E-state index in [1.165, 1.54) is 5.56 Å². The van der Waals surface area contributed by atoms with Crippen LogP contribution in [0.1, 0.15) is 31.9 Å². The first-order chi connectivity index (χ1) is 9.39. The summed E-state index contributed by atoms with van der Waals surface area (Å²) in [6.07, 6.45) is 0. The van der Waals surface area contributed by atoms with Crippen LogP contribution in [-0.2, 0) is 12.0 Å². The fourth-order valence-electron chi connectivity index (χ4n) is 2.18. The minimum Gasteiger partial charge on any atom is -0.506 e. The van der Waals surface area contributed by atoms with E-state index in [1.807, 2.05) is 24.3 Å². The van der Waals surface area contributed by atoms with Gasteiger partial charge in [0.2, 0.25) is 0 Å². The Labute approximate surface area is 129 Å². The van der Waals surface area contributed by atoms with E-state index in [0.717, 1.165) is 15.7 Å². The summed E-state index contributed by atoms with van der Waals surface area (Å²) in [5.41, 5.74) is 3.35. The molecule has 2 aromatic rings. The Hall–Kier alpha value is -1.48. The Morgan fingerprint density at radius 3 is 2.45 bits per heavy atom. The molecule has 3 heteroatoms. The average Bonchev–Trinajstić information content (AvgIpc) is 2.40. The average molecular weight is 334 g/mol. The van der Waals surface area contributed by atoms with Crippen LogP contribution in [0, 0.1) is 0 Å². The highest BCUT2D eigenvalue weighted by molar-refractivity contribution is 9.10. The zero-order chi connectivity index (χ0) is 14.8. The van der Waals surface area contributed by atoms with E-state index in [2.05, 4.69) is 60.2 Å². The van der Waals surface area contributed by atoms with Crippen LogP contribution in [0.25, 0.3) is 0 Å². The highest BCUT2D eigenvalue weighted by atomic mass is 79.9. The molecule has 0 fully saturated rings. The molecule has 106 valence electrons. The third-order valence-electron chi connectivity index (χ3n) is 3.27. The quantitative estimate of drug-likeness (QED) is 0.822. The minimum absolute atomic E-state index is 0.0862. The van der Waals surface area contributed by atoms with Crippen molar-refractivity contribution in [2.45, 2.75) is 32.7 Å². The summed E-state index contributed by atoms with van der Waals surface area (Å²) < 4.78 is 0.723. The van der Waals surface area contributed by atoms with Gasteiger partial charge in [-0.2, -0.15) is 0 Å². The largest absolute Gasteiger partial charge is 0.506 e. The summed E-state index contributed by atoms with van der Waals surface area (Å²) in [6.45, 7) is 7.19. The van der Waals surface area contributed by atoms with Crippen LogP contribution in [0.2, 0.25) is 0 Å². The van der Waals surface area contributed by atoms with Crippen molar-refractivity contribution in [2.75, 3.05) is 5.32 Å². The van der Waals surface area contributed by atoms with Crippen molar-refractivity contribution in [3.8, 4) is 5.75 Å². The molecule has 2 aromatic carbocycles. The minimum atomic E-state index is 0.0862. The molecular weight excluding hydrogens is 314 g/mol. The molecule has 2 rings (SSSR count). The molecule has 0 saturated carbocycles. The Morgan fingerprint density at radius 1 is 1.05 bits per heavy atom. The van der Waals surface area contributed by atoms with Crippen LogP contribution in [0.5, 0.6) is 5.75 Å². The zero-order valence-corrected chi connectivity index (χ0v) is 13.7. The number of hydrogen-bond donors (Lipinski definition) is 2. The third kappa shape index (κ3) is 3.34. The Balaban J connectivity index is 2.22. The summed E-state index contributed by atoms with van der Waals surface area (Å²) in [4.78, 5) is 0. The molecule has 2 N–H and O–H groups in total. The molecule has 0 unspecified atom stereocenters. The lowest BCUT2D eigenvalue weighted by Gasteiger charge is -2.23. The van der Waals surface area contributed by atoms with Gasteiger partial charge in [0.05, 0.1) is 4.47 Å². The second kappa shape index (κ2) is 5.88. The standard InChI is InChI=1S/C17H20BrNO/c1-17(2,3)13-8-4-5-10-15(13)19-11-12-7-6-9-14(18)16(12)20/h4-10,19-20H,11H2,1-3H3. The zero-order valence-electron chi connectivity index (χ0n) is 12.1. The molecule has 0 aliphatic rings. The van der Waals surface area contributed by atoms with Gasteiger partial charge < -0.3 is 10.4 Å². The summed E-state index contributed by atoms with van der Waals surface area (Å²) in [5.74, 6) is 0.299. The number of para-hydroxylation sites is 2. The summed E-state index contributed by atoms with van der Waals surface area (Å²) in [6, 6.07) is 14.0. The lowest BCUT2D eigenvalue weighted by molar-refractivity contribution is 0.465. The fourth-order valence-corrected chi connectivity index (χ4v) is 2.59. The van der Waals surface area contributed by atoms with Crippen LogP contribution in [-0.4, -0.2) is 5.11 Å². The van der Waals surface area contributed by atoms with Crippen molar-refractivity contribution >= 4 is 21.6 Å². The van der Waals surface area contributed by atoms with Crippen molar-refractivity contribution in [1.82, 2.24) is 0 Å². The van der Waals surface area contributed by atoms with E-state index in [-0.39, 0.29) is 5.41 Å². The molecule has 0 radical (unpaired) electrons. The third-order valence-corrected chi connectivity index (χ3v) is 3.91. The molecule has 0 aromatic heterocycles. The van der Waals surface area contributed by atoms with Crippen molar-refractivity contribution in [2.24, 2.45) is 0 Å². The molecule has 0 saturated heterocycles. The van der Waals surface area contributed by atoms with Crippen LogP contribution < -0.4 is 5.32 Å². The summed E-state index contributed by atoms with van der Waals surface area (Å²) in [5, 5.41) is 13.4. The molecule has 0 heterocycles. The van der Waals surface area contributed by atoms with E-state index in [9.17, 15) is 5.11 Å². The van der Waals surface area contributed by atoms with Crippen molar-refractivity contribution in [3.63, 3.8) is 0 Å². The molecule has 0 aliphatic carbocycles. The topological polar surface area (TPSA) is 32.3 Å². The monoisotopic (exact) mass is 333 g/mol. The second-order valence-electron chi connectivity index (χ2n) is 5.90. The van der Waals surface area contributed by atoms with Gasteiger partial charge in [-0.3, -0.25) is 0 Å². The lowest BCUT2D eigenvalue weighted by atomic mass is 9.86. The predicted octanol–water partition coefficient (Wildman–Crippen LogP) is 5.06. The molecule has 2 nitrogen and oxygen atoms in total. The van der Waals surface area contributed by atoms with Gasteiger partial charge >= 0.3 is 0 Å². The normalized spacial score (nSPS) is 11.4. The van der Waals surface area contributed by atoms with E-state index < -0.39 is 0 Å². The van der Waals surface area contributed by atoms with E-state index >= 15 is 0 Å². The molecule has 20 heavy (non-hydrogen) atoms. The SMILES string of the molecule is CC(C)(C)c1ccccc1NCc1cccc(Br)c1O. The van der Waals surface area contributed by atoms with E-state index in [0.29, 0.717) is 12.3 Å². The number of aromatic hydroxyl groups is 1. The number of benzene rings is 2. The smallest absolute Gasteiger partial charge is 0.134 e. The highest BCUT2D eigenvalue weighted by Crippen LogP contribution is 2.31. The Morgan fingerprint density at radius 2 is 1.75 bits per heavy atom. The maximum atomic E-state index is 10.0. The first-order valence-electron chi connectivity index (χ1n) is 6.69. The summed E-state index contributed by atoms with van der Waals surface area (Å²) >= 11 is 3.34. The van der Waals surface area contributed by atoms with E-state index in [4.69, 9.17) is 0 Å². The van der Waals surface area contributed by atoms with Gasteiger partial charge in [0.25, 0.3) is 0 Å². The summed E-state index contributed by atoms with van der Waals surface area (Å²) in [7, 11) is 0. The van der Waals surface area contributed by atoms with Gasteiger partial charge in [-0.1, -0.05) is 51.1 Å². The number of rotatable bonds is 3. The van der Waals surface area contributed by atoms with Crippen molar-refractivity contribution in [3.05, 3.63) is 58.1 Å². The van der Waals surface area contributed by atoms with Gasteiger partial charge in [-0.25, -0.2) is 0 Å². The Bertz CT molecular complexity index is 602. The van der Waals surface area contributed by atoms with E-state index in [1.54, 1.807) is 0 Å². The number of nitrogens with one attached hydrogen (secondary N) is 1. The molecular formula is C17H20BrNO. The maximum absolute atomic E-state index is 10.0. The van der Waals surface area contributed by atoms with Gasteiger partial charge in [0.15, 0.2) is 0 Å². The highest BCUT2D eigenvalue weighted by Gasteiger charge is 2.17. The number of hydrogen-bond acceptors (Lipinski definition) is 2. The van der Waals surface area contributed by atoms with Gasteiger partial charge in [0.1, 0.15) is 5.75 Å². The predicted molar refractivity (Wildman–Crippen MR) is 88.3 cm³/mol. The van der Waals surface area contributed by atoms with Crippen molar-refractivity contribution < 1.29 is 5.11 Å². The van der Waals surface area contributed by atoms with Gasteiger partial charge in [0, 0.05) is 17.8 Å². The van der Waals surface area contributed by atoms with Crippen LogP contribution in [0.15, 0.2) is 46.9 Å². The molecule has 0 atom stereocenters. The first kappa shape index (κ1) is 14.9. The second-order valence-corrected chi connectivity index (χ2v) is 6.75. The Kier molecular flexibility index (Phi) is 4.39. The molecule has 0 bridgehead atoms.